The van der Waals surface area contributed by atoms with Crippen LogP contribution in [0.4, 0.5) is 0 Å². The number of likely N-dealkylation sites (tertiary alicyclic amines) is 1. The fraction of sp³-hybridized carbons (Fsp3) is 0.444. The molecule has 8 nitrogen and oxygen atoms in total. The smallest absolute Gasteiger partial charge is 0.143 e. The highest BCUT2D eigenvalue weighted by Crippen LogP contribution is 2.29. The Bertz CT molecular complexity index is 858. The number of aromatic nitrogens is 6. The van der Waals surface area contributed by atoms with Crippen molar-refractivity contribution in [3.63, 3.8) is 0 Å². The molecule has 4 rings (SSSR count). The Balaban J connectivity index is 1.72. The third-order valence-corrected chi connectivity index (χ3v) is 4.99. The number of likely N-dealkylation sites (N-methyl/N-ethyl adjacent to an activating group) is 1. The highest BCUT2D eigenvalue weighted by Gasteiger charge is 2.24. The first kappa shape index (κ1) is 16.7. The lowest BCUT2D eigenvalue weighted by molar-refractivity contribution is 0.213. The second-order valence-electron chi connectivity index (χ2n) is 6.53. The van der Waals surface area contributed by atoms with E-state index in [9.17, 15) is 0 Å². The summed E-state index contributed by atoms with van der Waals surface area (Å²) in [6, 6.07) is 5.97. The number of rotatable bonds is 5. The van der Waals surface area contributed by atoms with Crippen LogP contribution in [0.5, 0.6) is 5.75 Å². The molecule has 1 atom stereocenters. The predicted octanol–water partition coefficient (Wildman–Crippen LogP) is 2.06. The van der Waals surface area contributed by atoms with Crippen LogP contribution in [-0.2, 0) is 0 Å². The van der Waals surface area contributed by atoms with Gasteiger partial charge in [0, 0.05) is 37.0 Å². The van der Waals surface area contributed by atoms with Crippen molar-refractivity contribution in [2.24, 2.45) is 0 Å². The molecule has 0 aliphatic carbocycles. The molecule has 1 aromatic carbocycles. The molecule has 3 aromatic rings. The highest BCUT2D eigenvalue weighted by atomic mass is 16.5. The van der Waals surface area contributed by atoms with Crippen LogP contribution in [-0.4, -0.2) is 61.4 Å². The minimum absolute atomic E-state index is 0.432. The van der Waals surface area contributed by atoms with Gasteiger partial charge in [-0.25, -0.2) is 9.67 Å². The van der Waals surface area contributed by atoms with Gasteiger partial charge in [-0.2, -0.15) is 0 Å². The fourth-order valence-electron chi connectivity index (χ4n) is 3.63. The molecule has 0 saturated carbocycles. The van der Waals surface area contributed by atoms with Crippen molar-refractivity contribution < 1.29 is 4.74 Å². The number of ether oxygens (including phenoxy) is 1. The third-order valence-electron chi connectivity index (χ3n) is 4.99. The van der Waals surface area contributed by atoms with Crippen molar-refractivity contribution in [3.05, 3.63) is 42.7 Å². The molecule has 1 aliphatic heterocycles. The number of hydrogen-bond acceptors (Lipinski definition) is 6. The van der Waals surface area contributed by atoms with Crippen molar-refractivity contribution in [1.82, 2.24) is 34.7 Å². The molecule has 0 N–H and O–H groups in total. The molecule has 0 amide bonds. The predicted molar refractivity (Wildman–Crippen MR) is 96.9 cm³/mol. The summed E-state index contributed by atoms with van der Waals surface area (Å²) in [6.45, 7) is 5.53. The number of piperidine rings is 1. The molecule has 1 aliphatic rings. The van der Waals surface area contributed by atoms with E-state index in [-0.39, 0.29) is 0 Å². The van der Waals surface area contributed by atoms with Gasteiger partial charge < -0.3 is 14.2 Å². The molecule has 136 valence electrons. The first-order chi connectivity index (χ1) is 12.8. The number of nitrogens with zero attached hydrogens (tertiary/aromatic N) is 7. The maximum atomic E-state index is 5.49. The molecule has 2 aromatic heterocycles. The molecular weight excluding hydrogens is 330 g/mol. The lowest BCUT2D eigenvalue weighted by Gasteiger charge is -2.31. The number of imidazole rings is 1. The van der Waals surface area contributed by atoms with E-state index in [1.54, 1.807) is 18.1 Å². The SMILES string of the molecule is CCN1CCCC(c2nccn2-c2cc(OC)cc(-n3cnnn3)c2)C1. The zero-order valence-electron chi connectivity index (χ0n) is 15.1. The molecule has 1 saturated heterocycles. The summed E-state index contributed by atoms with van der Waals surface area (Å²) in [4.78, 5) is 7.17. The topological polar surface area (TPSA) is 73.9 Å². The molecular formula is C18H23N7O. The van der Waals surface area contributed by atoms with Crippen LogP contribution in [0, 0.1) is 0 Å². The monoisotopic (exact) mass is 353 g/mol. The summed E-state index contributed by atoms with van der Waals surface area (Å²) < 4.78 is 9.27. The average molecular weight is 353 g/mol. The summed E-state index contributed by atoms with van der Waals surface area (Å²) in [6.07, 6.45) is 7.83. The Morgan fingerprint density at radius 2 is 2.12 bits per heavy atom. The van der Waals surface area contributed by atoms with Crippen molar-refractivity contribution >= 4 is 0 Å². The van der Waals surface area contributed by atoms with Crippen molar-refractivity contribution in [2.75, 3.05) is 26.7 Å². The molecule has 0 spiro atoms. The Kier molecular flexibility index (Phi) is 4.66. The summed E-state index contributed by atoms with van der Waals surface area (Å²) in [5.41, 5.74) is 1.85. The Morgan fingerprint density at radius 1 is 1.23 bits per heavy atom. The van der Waals surface area contributed by atoms with Gasteiger partial charge in [0.2, 0.25) is 0 Å². The second-order valence-corrected chi connectivity index (χ2v) is 6.53. The lowest BCUT2D eigenvalue weighted by Crippen LogP contribution is -2.35. The summed E-state index contributed by atoms with van der Waals surface area (Å²) >= 11 is 0. The maximum Gasteiger partial charge on any atom is 0.143 e. The van der Waals surface area contributed by atoms with Gasteiger partial charge in [-0.05, 0) is 42.4 Å². The first-order valence-electron chi connectivity index (χ1n) is 8.97. The van der Waals surface area contributed by atoms with Crippen LogP contribution in [0.15, 0.2) is 36.9 Å². The van der Waals surface area contributed by atoms with Crippen LogP contribution in [0.25, 0.3) is 11.4 Å². The second kappa shape index (κ2) is 7.25. The van der Waals surface area contributed by atoms with E-state index < -0.39 is 0 Å². The summed E-state index contributed by atoms with van der Waals surface area (Å²) in [7, 11) is 1.66. The quantitative estimate of drug-likeness (QED) is 0.699. The number of methoxy groups -OCH3 is 1. The van der Waals surface area contributed by atoms with Gasteiger partial charge in [0.05, 0.1) is 18.5 Å². The van der Waals surface area contributed by atoms with E-state index in [0.29, 0.717) is 5.92 Å². The summed E-state index contributed by atoms with van der Waals surface area (Å²) in [5, 5.41) is 11.4. The number of tetrazole rings is 1. The van der Waals surface area contributed by atoms with E-state index in [4.69, 9.17) is 4.74 Å². The Morgan fingerprint density at radius 3 is 2.88 bits per heavy atom. The summed E-state index contributed by atoms with van der Waals surface area (Å²) in [5.74, 6) is 2.28. The van der Waals surface area contributed by atoms with Gasteiger partial charge in [0.15, 0.2) is 0 Å². The fourth-order valence-corrected chi connectivity index (χ4v) is 3.63. The van der Waals surface area contributed by atoms with Gasteiger partial charge in [0.25, 0.3) is 0 Å². The zero-order valence-corrected chi connectivity index (χ0v) is 15.1. The van der Waals surface area contributed by atoms with Crippen LogP contribution < -0.4 is 4.74 Å². The van der Waals surface area contributed by atoms with Crippen LogP contribution >= 0.6 is 0 Å². The molecule has 0 bridgehead atoms. The zero-order chi connectivity index (χ0) is 17.9. The van der Waals surface area contributed by atoms with Crippen molar-refractivity contribution in [2.45, 2.75) is 25.7 Å². The molecule has 3 heterocycles. The molecule has 26 heavy (non-hydrogen) atoms. The standard InChI is InChI=1S/C18H23N7O/c1-3-23-7-4-5-14(12-23)18-19-6-8-24(18)15-9-16(11-17(10-15)26-2)25-13-20-21-22-25/h6,8-11,13-14H,3-5,7,12H2,1-2H3. The van der Waals surface area contributed by atoms with E-state index in [1.165, 1.54) is 13.0 Å². The molecule has 1 unspecified atom stereocenters. The minimum atomic E-state index is 0.432. The molecule has 0 radical (unpaired) electrons. The largest absolute Gasteiger partial charge is 0.497 e. The van der Waals surface area contributed by atoms with Crippen LogP contribution in [0.2, 0.25) is 0 Å². The Labute approximate surface area is 152 Å². The van der Waals surface area contributed by atoms with Crippen molar-refractivity contribution in [3.8, 4) is 17.1 Å². The first-order valence-corrected chi connectivity index (χ1v) is 8.97. The Hall–Kier alpha value is -2.74. The van der Waals surface area contributed by atoms with E-state index in [0.717, 1.165) is 42.5 Å². The minimum Gasteiger partial charge on any atom is -0.497 e. The van der Waals surface area contributed by atoms with Gasteiger partial charge in [-0.1, -0.05) is 6.92 Å². The molecule has 1 fully saturated rings. The van der Waals surface area contributed by atoms with Crippen LogP contribution in [0.3, 0.4) is 0 Å². The third kappa shape index (κ3) is 3.20. The van der Waals surface area contributed by atoms with Gasteiger partial charge in [-0.15, -0.1) is 5.10 Å². The van der Waals surface area contributed by atoms with E-state index >= 15 is 0 Å². The normalized spacial score (nSPS) is 18.2. The average Bonchev–Trinajstić information content (AvgIpc) is 3.39. The van der Waals surface area contributed by atoms with Gasteiger partial charge in [0.1, 0.15) is 17.9 Å². The van der Waals surface area contributed by atoms with Gasteiger partial charge >= 0.3 is 0 Å². The van der Waals surface area contributed by atoms with Crippen molar-refractivity contribution in [1.29, 1.82) is 0 Å². The highest BCUT2D eigenvalue weighted by molar-refractivity contribution is 5.50. The van der Waals surface area contributed by atoms with E-state index in [2.05, 4.69) is 36.9 Å². The van der Waals surface area contributed by atoms with E-state index in [1.807, 2.05) is 30.6 Å². The maximum absolute atomic E-state index is 5.49. The van der Waals surface area contributed by atoms with Crippen LogP contribution in [0.1, 0.15) is 31.5 Å². The lowest BCUT2D eigenvalue weighted by atomic mass is 9.97. The number of benzene rings is 1. The van der Waals surface area contributed by atoms with Gasteiger partial charge in [-0.3, -0.25) is 0 Å². The molecule has 8 heteroatoms. The number of hydrogen-bond donors (Lipinski definition) is 0.